The lowest BCUT2D eigenvalue weighted by atomic mass is 9.99. The molecule has 4 aromatic rings. The fourth-order valence-electron chi connectivity index (χ4n) is 5.44. The summed E-state index contributed by atoms with van der Waals surface area (Å²) in [5.41, 5.74) is 6.39. The Kier molecular flexibility index (Phi) is 9.64. The van der Waals surface area contributed by atoms with Crippen LogP contribution in [0.5, 0.6) is 0 Å². The van der Waals surface area contributed by atoms with Gasteiger partial charge in [-0.1, -0.05) is 109 Å². The van der Waals surface area contributed by atoms with Crippen LogP contribution in [0.15, 0.2) is 109 Å². The van der Waals surface area contributed by atoms with Gasteiger partial charge in [-0.2, -0.15) is 17.0 Å². The Morgan fingerprint density at radius 1 is 0.512 bits per heavy atom. The molecule has 0 unspecified atom stereocenters. The fourth-order valence-corrected chi connectivity index (χ4v) is 7.06. The van der Waals surface area contributed by atoms with Crippen LogP contribution in [0.3, 0.4) is 0 Å². The third-order valence-electron chi connectivity index (χ3n) is 7.86. The number of aliphatic hydroxyl groups excluding tert-OH is 2. The maximum atomic E-state index is 14.0. The van der Waals surface area contributed by atoms with Crippen molar-refractivity contribution >= 4 is 10.2 Å². The minimum Gasteiger partial charge on any atom is -0.389 e. The number of aliphatic hydroxyl groups is 2. The second-order valence-electron chi connectivity index (χ2n) is 10.7. The summed E-state index contributed by atoms with van der Waals surface area (Å²) in [4.78, 5) is 0. The molecular weight excluding hydrogens is 532 g/mol. The second kappa shape index (κ2) is 13.6. The van der Waals surface area contributed by atoms with Crippen molar-refractivity contribution in [1.29, 1.82) is 0 Å². The van der Waals surface area contributed by atoms with Crippen LogP contribution < -0.4 is 0 Å². The van der Waals surface area contributed by atoms with Gasteiger partial charge in [-0.25, -0.2) is 0 Å². The van der Waals surface area contributed by atoms with Crippen molar-refractivity contribution in [3.05, 3.63) is 143 Å². The molecule has 1 aliphatic rings. The third-order valence-corrected chi connectivity index (χ3v) is 9.72. The summed E-state index contributed by atoms with van der Waals surface area (Å²) < 4.78 is 30.7. The number of hydrogen-bond donors (Lipinski definition) is 2. The van der Waals surface area contributed by atoms with Gasteiger partial charge in [-0.05, 0) is 59.1 Å². The molecule has 6 nitrogen and oxygen atoms in total. The summed E-state index contributed by atoms with van der Waals surface area (Å²) in [7, 11) is -3.98. The van der Waals surface area contributed by atoms with E-state index in [2.05, 4.69) is 24.3 Å². The van der Waals surface area contributed by atoms with Crippen LogP contribution in [0, 0.1) is 0 Å². The highest BCUT2D eigenvalue weighted by molar-refractivity contribution is 7.86. The number of β-amino-alcohol motifs (C(OH)–C–C–N with tert-alkyl or cyclic N) is 2. The molecule has 0 aromatic heterocycles. The number of nitrogens with zero attached hydrogens (tertiary/aromatic N) is 2. The summed E-state index contributed by atoms with van der Waals surface area (Å²) in [5, 5.41) is 21.5. The standard InChI is InChI=1S/C34H38N2O4S/c37-33-25-35(23-31-17-9-7-15-29(31)21-19-27-11-3-1-4-12-27)41(39,40)36(26-34(33)38)24-32-18-10-8-16-30(32)22-20-28-13-5-2-6-14-28/h1-18,33-34,37-38H,19-26H2/t33-,34-/m0/s1. The molecule has 0 bridgehead atoms. The van der Waals surface area contributed by atoms with Crippen LogP contribution in [-0.2, 0) is 49.0 Å². The van der Waals surface area contributed by atoms with Crippen LogP contribution in [-0.4, -0.2) is 52.5 Å². The van der Waals surface area contributed by atoms with E-state index in [9.17, 15) is 18.6 Å². The molecule has 2 atom stereocenters. The van der Waals surface area contributed by atoms with E-state index >= 15 is 0 Å². The topological polar surface area (TPSA) is 81.1 Å². The zero-order valence-corrected chi connectivity index (χ0v) is 24.0. The molecule has 214 valence electrons. The van der Waals surface area contributed by atoms with Gasteiger partial charge >= 0.3 is 0 Å². The Labute approximate surface area is 243 Å². The molecule has 7 heteroatoms. The van der Waals surface area contributed by atoms with E-state index in [1.807, 2.05) is 84.9 Å². The molecule has 41 heavy (non-hydrogen) atoms. The van der Waals surface area contributed by atoms with Crippen LogP contribution in [0.4, 0.5) is 0 Å². The lowest BCUT2D eigenvalue weighted by molar-refractivity contribution is 0.00886. The van der Waals surface area contributed by atoms with Crippen LogP contribution in [0.2, 0.25) is 0 Å². The average Bonchev–Trinajstić information content (AvgIpc) is 3.07. The second-order valence-corrected chi connectivity index (χ2v) is 12.7. The molecule has 0 radical (unpaired) electrons. The van der Waals surface area contributed by atoms with E-state index in [-0.39, 0.29) is 26.2 Å². The predicted molar refractivity (Wildman–Crippen MR) is 162 cm³/mol. The first kappa shape index (κ1) is 29.2. The summed E-state index contributed by atoms with van der Waals surface area (Å²) in [6, 6.07) is 36.2. The zero-order valence-electron chi connectivity index (χ0n) is 23.2. The quantitative estimate of drug-likeness (QED) is 0.293. The van der Waals surface area contributed by atoms with Gasteiger partial charge in [0.15, 0.2) is 0 Å². The Morgan fingerprint density at radius 3 is 1.24 bits per heavy atom. The molecule has 2 N–H and O–H groups in total. The first-order chi connectivity index (χ1) is 19.9. The summed E-state index contributed by atoms with van der Waals surface area (Å²) >= 11 is 0. The van der Waals surface area contributed by atoms with E-state index < -0.39 is 22.4 Å². The lowest BCUT2D eigenvalue weighted by Gasteiger charge is -2.28. The minimum absolute atomic E-state index is 0.128. The van der Waals surface area contributed by atoms with Gasteiger partial charge < -0.3 is 10.2 Å². The van der Waals surface area contributed by atoms with Crippen molar-refractivity contribution in [2.24, 2.45) is 0 Å². The maximum absolute atomic E-state index is 14.0. The summed E-state index contributed by atoms with van der Waals surface area (Å²) in [5.74, 6) is 0. The lowest BCUT2D eigenvalue weighted by Crippen LogP contribution is -2.43. The van der Waals surface area contributed by atoms with E-state index in [0.29, 0.717) is 0 Å². The molecule has 0 aliphatic carbocycles. The van der Waals surface area contributed by atoms with Gasteiger partial charge in [0.05, 0.1) is 12.2 Å². The highest BCUT2D eigenvalue weighted by Gasteiger charge is 2.39. The Hall–Kier alpha value is -3.33. The molecular formula is C34H38N2O4S. The number of hydrogen-bond acceptors (Lipinski definition) is 4. The molecule has 1 aliphatic heterocycles. The number of rotatable bonds is 10. The molecule has 1 heterocycles. The Bertz CT molecular complexity index is 1400. The fraction of sp³-hybridized carbons (Fsp3) is 0.294. The largest absolute Gasteiger partial charge is 0.389 e. The van der Waals surface area contributed by atoms with Crippen LogP contribution in [0.1, 0.15) is 33.4 Å². The molecule has 1 fully saturated rings. The number of benzene rings is 4. The highest BCUT2D eigenvalue weighted by Crippen LogP contribution is 2.25. The third kappa shape index (κ3) is 7.50. The van der Waals surface area contributed by atoms with E-state index in [4.69, 9.17) is 0 Å². The highest BCUT2D eigenvalue weighted by atomic mass is 32.2. The molecule has 4 aromatic carbocycles. The maximum Gasteiger partial charge on any atom is 0.282 e. The molecule has 5 rings (SSSR count). The van der Waals surface area contributed by atoms with Gasteiger partial charge in [0.2, 0.25) is 0 Å². The number of aryl methyl sites for hydroxylation is 4. The van der Waals surface area contributed by atoms with E-state index in [1.165, 1.54) is 19.7 Å². The van der Waals surface area contributed by atoms with Crippen molar-refractivity contribution in [3.63, 3.8) is 0 Å². The van der Waals surface area contributed by atoms with Crippen molar-refractivity contribution in [2.45, 2.75) is 51.0 Å². The van der Waals surface area contributed by atoms with Crippen molar-refractivity contribution < 1.29 is 18.6 Å². The van der Waals surface area contributed by atoms with E-state index in [1.54, 1.807) is 0 Å². The Balaban J connectivity index is 1.36. The van der Waals surface area contributed by atoms with Crippen molar-refractivity contribution in [3.8, 4) is 0 Å². The average molecular weight is 571 g/mol. The van der Waals surface area contributed by atoms with Gasteiger partial charge in [-0.15, -0.1) is 0 Å². The minimum atomic E-state index is -3.98. The van der Waals surface area contributed by atoms with Crippen molar-refractivity contribution in [2.75, 3.05) is 13.1 Å². The summed E-state index contributed by atoms with van der Waals surface area (Å²) in [6.45, 7) is -0.0716. The first-order valence-corrected chi connectivity index (χ1v) is 15.6. The van der Waals surface area contributed by atoms with Crippen LogP contribution in [0.25, 0.3) is 0 Å². The SMILES string of the molecule is O=S1(=O)N(Cc2ccccc2CCc2ccccc2)C[C@H](O)[C@@H](O)CN1Cc1ccccc1CCc1ccccc1. The monoisotopic (exact) mass is 570 g/mol. The van der Waals surface area contributed by atoms with E-state index in [0.717, 1.165) is 47.9 Å². The molecule has 1 saturated heterocycles. The first-order valence-electron chi connectivity index (χ1n) is 14.2. The van der Waals surface area contributed by atoms with Gasteiger partial charge in [0.1, 0.15) is 0 Å². The van der Waals surface area contributed by atoms with Crippen molar-refractivity contribution in [1.82, 2.24) is 8.61 Å². The zero-order chi connectivity index (χ0) is 28.7. The molecule has 0 amide bonds. The van der Waals surface area contributed by atoms with Gasteiger partial charge in [0.25, 0.3) is 10.2 Å². The smallest absolute Gasteiger partial charge is 0.282 e. The molecule has 0 spiro atoms. The Morgan fingerprint density at radius 2 is 0.854 bits per heavy atom. The molecule has 0 saturated carbocycles. The summed E-state index contributed by atoms with van der Waals surface area (Å²) in [6.07, 6.45) is 0.879. The van der Waals surface area contributed by atoms with Gasteiger partial charge in [0, 0.05) is 26.2 Å². The van der Waals surface area contributed by atoms with Crippen LogP contribution >= 0.6 is 0 Å². The normalized spacial score (nSPS) is 19.6. The predicted octanol–water partition coefficient (Wildman–Crippen LogP) is 4.54. The van der Waals surface area contributed by atoms with Gasteiger partial charge in [-0.3, -0.25) is 0 Å².